The Bertz CT molecular complexity index is 436. The van der Waals surface area contributed by atoms with E-state index in [1.165, 1.54) is 11.1 Å². The molecule has 0 saturated carbocycles. The van der Waals surface area contributed by atoms with Crippen LogP contribution in [-0.4, -0.2) is 37.0 Å². The molecule has 1 heterocycles. The van der Waals surface area contributed by atoms with Crippen LogP contribution in [0, 0.1) is 5.92 Å². The van der Waals surface area contributed by atoms with Crippen molar-refractivity contribution in [2.45, 2.75) is 33.4 Å². The number of carbonyl (C=O) groups excluding carboxylic acids is 1. The van der Waals surface area contributed by atoms with Gasteiger partial charge in [-0.15, -0.1) is 0 Å². The van der Waals surface area contributed by atoms with Gasteiger partial charge in [-0.25, -0.2) is 0 Å². The fourth-order valence-electron chi connectivity index (χ4n) is 2.50. The molecule has 1 amide bonds. The van der Waals surface area contributed by atoms with Crippen molar-refractivity contribution in [3.8, 4) is 0 Å². The van der Waals surface area contributed by atoms with Crippen LogP contribution in [0.3, 0.4) is 0 Å². The van der Waals surface area contributed by atoms with Gasteiger partial charge in [0.15, 0.2) is 0 Å². The lowest BCUT2D eigenvalue weighted by Crippen LogP contribution is -2.44. The minimum absolute atomic E-state index is 0.161. The maximum atomic E-state index is 11.8. The van der Waals surface area contributed by atoms with Crippen LogP contribution in [0.25, 0.3) is 0 Å². The second-order valence-electron chi connectivity index (χ2n) is 5.78. The molecule has 1 aromatic carbocycles. The predicted octanol–water partition coefficient (Wildman–Crippen LogP) is 1.75. The van der Waals surface area contributed by atoms with E-state index in [4.69, 9.17) is 0 Å². The Kier molecular flexibility index (Phi) is 6.21. The van der Waals surface area contributed by atoms with Gasteiger partial charge in [0.25, 0.3) is 0 Å². The summed E-state index contributed by atoms with van der Waals surface area (Å²) in [5.74, 6) is 0.690. The molecule has 4 nitrogen and oxygen atoms in total. The summed E-state index contributed by atoms with van der Waals surface area (Å²) in [5.41, 5.74) is 2.49. The number of benzene rings is 1. The molecule has 0 spiro atoms. The Morgan fingerprint density at radius 3 is 2.33 bits per heavy atom. The van der Waals surface area contributed by atoms with E-state index in [1.54, 1.807) is 0 Å². The SMILES string of the molecule is CCN(CC)Cc1ccc(CNC(=O)CC2CNC2)cc1. The summed E-state index contributed by atoms with van der Waals surface area (Å²) in [6.07, 6.45) is 0.646. The van der Waals surface area contributed by atoms with Gasteiger partial charge in [0.2, 0.25) is 5.91 Å². The zero-order valence-corrected chi connectivity index (χ0v) is 13.2. The molecular formula is C17H27N3O. The number of rotatable bonds is 8. The highest BCUT2D eigenvalue weighted by Gasteiger charge is 2.19. The molecule has 0 unspecified atom stereocenters. The van der Waals surface area contributed by atoms with Crippen LogP contribution in [0.5, 0.6) is 0 Å². The lowest BCUT2D eigenvalue weighted by atomic mass is 9.99. The second-order valence-corrected chi connectivity index (χ2v) is 5.78. The highest BCUT2D eigenvalue weighted by molar-refractivity contribution is 5.76. The van der Waals surface area contributed by atoms with Crippen molar-refractivity contribution in [2.75, 3.05) is 26.2 Å². The van der Waals surface area contributed by atoms with Gasteiger partial charge >= 0.3 is 0 Å². The van der Waals surface area contributed by atoms with Gasteiger partial charge in [-0.1, -0.05) is 38.1 Å². The minimum Gasteiger partial charge on any atom is -0.352 e. The van der Waals surface area contributed by atoms with Crippen molar-refractivity contribution in [1.29, 1.82) is 0 Å². The topological polar surface area (TPSA) is 44.4 Å². The third-order valence-electron chi connectivity index (χ3n) is 4.15. The molecule has 0 aliphatic carbocycles. The Labute approximate surface area is 127 Å². The number of carbonyl (C=O) groups is 1. The zero-order valence-electron chi connectivity index (χ0n) is 13.2. The van der Waals surface area contributed by atoms with Gasteiger partial charge in [0.05, 0.1) is 0 Å². The monoisotopic (exact) mass is 289 g/mol. The molecule has 1 fully saturated rings. The minimum atomic E-state index is 0.161. The molecule has 1 aromatic rings. The van der Waals surface area contributed by atoms with Crippen LogP contribution >= 0.6 is 0 Å². The first-order valence-corrected chi connectivity index (χ1v) is 7.98. The molecule has 2 rings (SSSR count). The first kappa shape index (κ1) is 16.0. The molecule has 21 heavy (non-hydrogen) atoms. The van der Waals surface area contributed by atoms with Gasteiger partial charge in [0, 0.05) is 19.5 Å². The standard InChI is InChI=1S/C17H27N3O/c1-3-20(4-2)13-15-7-5-14(6-8-15)12-19-17(21)9-16-10-18-11-16/h5-8,16,18H,3-4,9-13H2,1-2H3,(H,19,21). The predicted molar refractivity (Wildman–Crippen MR) is 85.9 cm³/mol. The quantitative estimate of drug-likeness (QED) is 0.766. The van der Waals surface area contributed by atoms with E-state index >= 15 is 0 Å². The maximum Gasteiger partial charge on any atom is 0.220 e. The zero-order chi connectivity index (χ0) is 15.1. The Morgan fingerprint density at radius 1 is 1.19 bits per heavy atom. The molecule has 0 aromatic heterocycles. The highest BCUT2D eigenvalue weighted by atomic mass is 16.1. The third-order valence-corrected chi connectivity index (χ3v) is 4.15. The molecule has 1 saturated heterocycles. The van der Waals surface area contributed by atoms with E-state index in [2.05, 4.69) is 53.6 Å². The summed E-state index contributed by atoms with van der Waals surface area (Å²) in [5, 5.41) is 6.19. The van der Waals surface area contributed by atoms with E-state index in [9.17, 15) is 4.79 Å². The normalized spacial score (nSPS) is 15.0. The van der Waals surface area contributed by atoms with Crippen molar-refractivity contribution in [3.63, 3.8) is 0 Å². The van der Waals surface area contributed by atoms with Gasteiger partial charge in [-0.2, -0.15) is 0 Å². The molecule has 0 bridgehead atoms. The summed E-state index contributed by atoms with van der Waals surface area (Å²) in [6.45, 7) is 10.1. The summed E-state index contributed by atoms with van der Waals surface area (Å²) >= 11 is 0. The largest absolute Gasteiger partial charge is 0.352 e. The molecule has 0 atom stereocenters. The van der Waals surface area contributed by atoms with Crippen molar-refractivity contribution in [3.05, 3.63) is 35.4 Å². The van der Waals surface area contributed by atoms with Crippen molar-refractivity contribution in [2.24, 2.45) is 5.92 Å². The van der Waals surface area contributed by atoms with Crippen LogP contribution < -0.4 is 10.6 Å². The van der Waals surface area contributed by atoms with Gasteiger partial charge < -0.3 is 10.6 Å². The molecular weight excluding hydrogens is 262 g/mol. The van der Waals surface area contributed by atoms with Gasteiger partial charge in [0.1, 0.15) is 0 Å². The molecule has 4 heteroatoms. The van der Waals surface area contributed by atoms with E-state index in [0.29, 0.717) is 18.9 Å². The lowest BCUT2D eigenvalue weighted by molar-refractivity contribution is -0.122. The van der Waals surface area contributed by atoms with E-state index < -0.39 is 0 Å². The number of hydrogen-bond donors (Lipinski definition) is 2. The van der Waals surface area contributed by atoms with Crippen LogP contribution in [0.4, 0.5) is 0 Å². The molecule has 116 valence electrons. The Morgan fingerprint density at radius 2 is 1.81 bits per heavy atom. The number of amides is 1. The van der Waals surface area contributed by atoms with E-state index in [-0.39, 0.29) is 5.91 Å². The Hall–Kier alpha value is -1.39. The van der Waals surface area contributed by atoms with Crippen molar-refractivity contribution < 1.29 is 4.79 Å². The average Bonchev–Trinajstić information content (AvgIpc) is 2.47. The Balaban J connectivity index is 1.74. The summed E-state index contributed by atoms with van der Waals surface area (Å²) in [4.78, 5) is 14.2. The van der Waals surface area contributed by atoms with Crippen molar-refractivity contribution in [1.82, 2.24) is 15.5 Å². The second kappa shape index (κ2) is 8.15. The number of nitrogens with zero attached hydrogens (tertiary/aromatic N) is 1. The van der Waals surface area contributed by atoms with Crippen LogP contribution in [0.1, 0.15) is 31.4 Å². The highest BCUT2D eigenvalue weighted by Crippen LogP contribution is 2.09. The third kappa shape index (κ3) is 5.14. The van der Waals surface area contributed by atoms with Crippen molar-refractivity contribution >= 4 is 5.91 Å². The van der Waals surface area contributed by atoms with Crippen LogP contribution in [-0.2, 0) is 17.9 Å². The summed E-state index contributed by atoms with van der Waals surface area (Å²) in [6, 6.07) is 8.55. The first-order valence-electron chi connectivity index (χ1n) is 7.98. The fourth-order valence-corrected chi connectivity index (χ4v) is 2.50. The van der Waals surface area contributed by atoms with Crippen LogP contribution in [0.2, 0.25) is 0 Å². The van der Waals surface area contributed by atoms with E-state index in [0.717, 1.165) is 32.7 Å². The lowest BCUT2D eigenvalue weighted by Gasteiger charge is -2.26. The summed E-state index contributed by atoms with van der Waals surface area (Å²) in [7, 11) is 0. The smallest absolute Gasteiger partial charge is 0.220 e. The molecule has 1 aliphatic rings. The molecule has 1 aliphatic heterocycles. The van der Waals surface area contributed by atoms with E-state index in [1.807, 2.05) is 0 Å². The van der Waals surface area contributed by atoms with Gasteiger partial charge in [-0.3, -0.25) is 9.69 Å². The average molecular weight is 289 g/mol. The molecule has 0 radical (unpaired) electrons. The number of hydrogen-bond acceptors (Lipinski definition) is 3. The summed E-state index contributed by atoms with van der Waals surface area (Å²) < 4.78 is 0. The maximum absolute atomic E-state index is 11.8. The first-order chi connectivity index (χ1) is 10.2. The fraction of sp³-hybridized carbons (Fsp3) is 0.588. The molecule has 2 N–H and O–H groups in total. The van der Waals surface area contributed by atoms with Crippen LogP contribution in [0.15, 0.2) is 24.3 Å². The van der Waals surface area contributed by atoms with Gasteiger partial charge in [-0.05, 0) is 43.2 Å². The number of nitrogens with one attached hydrogen (secondary N) is 2.